The molecule has 0 spiro atoms. The predicted molar refractivity (Wildman–Crippen MR) is 102 cm³/mol. The van der Waals surface area contributed by atoms with Crippen molar-refractivity contribution in [2.45, 2.75) is 55.3 Å². The van der Waals surface area contributed by atoms with Crippen molar-refractivity contribution in [1.29, 1.82) is 0 Å². The predicted octanol–water partition coefficient (Wildman–Crippen LogP) is 0.993. The first-order valence-corrected chi connectivity index (χ1v) is 11.3. The first-order chi connectivity index (χ1) is 12.9. The molecule has 8 nitrogen and oxygen atoms in total. The largest absolute Gasteiger partial charge is 0.352 e. The summed E-state index contributed by atoms with van der Waals surface area (Å²) < 4.78 is 39.7. The molecule has 2 aliphatic heterocycles. The van der Waals surface area contributed by atoms with Crippen molar-refractivity contribution >= 4 is 9.84 Å². The SMILES string of the molecule is CN[C@@H]1CCN(C(CC[C@H](C)C2OCCCO2)S(=O)(=O)c2cn(C)cn2)C1. The fraction of sp³-hybridized carbons (Fsp3) is 0.833. The van der Waals surface area contributed by atoms with Crippen molar-refractivity contribution in [2.24, 2.45) is 13.0 Å². The molecule has 1 aromatic rings. The first kappa shape index (κ1) is 20.7. The molecule has 27 heavy (non-hydrogen) atoms. The van der Waals surface area contributed by atoms with Crippen molar-refractivity contribution in [3.8, 4) is 0 Å². The van der Waals surface area contributed by atoms with E-state index >= 15 is 0 Å². The molecule has 3 atom stereocenters. The van der Waals surface area contributed by atoms with E-state index in [2.05, 4.69) is 22.1 Å². The summed E-state index contributed by atoms with van der Waals surface area (Å²) >= 11 is 0. The molecule has 9 heteroatoms. The number of hydrogen-bond acceptors (Lipinski definition) is 7. The summed E-state index contributed by atoms with van der Waals surface area (Å²) in [6.07, 6.45) is 6.03. The fourth-order valence-electron chi connectivity index (χ4n) is 3.87. The minimum Gasteiger partial charge on any atom is -0.352 e. The van der Waals surface area contributed by atoms with Gasteiger partial charge in [-0.1, -0.05) is 6.92 Å². The first-order valence-electron chi connectivity index (χ1n) is 9.78. The van der Waals surface area contributed by atoms with Crippen molar-refractivity contribution < 1.29 is 17.9 Å². The van der Waals surface area contributed by atoms with Crippen LogP contribution in [-0.2, 0) is 26.4 Å². The van der Waals surface area contributed by atoms with Crippen LogP contribution in [0, 0.1) is 5.92 Å². The second-order valence-electron chi connectivity index (χ2n) is 7.66. The number of ether oxygens (including phenoxy) is 2. The lowest BCUT2D eigenvalue weighted by atomic mass is 10.0. The van der Waals surface area contributed by atoms with Gasteiger partial charge in [-0.05, 0) is 32.7 Å². The standard InChI is InChI=1S/C18H32N4O4S/c1-14(18-25-9-4-10-26-18)5-6-17(22-8-7-15(11-22)19-2)27(23,24)16-12-21(3)13-20-16/h12-15,17-19H,4-11H2,1-3H3/t14-,15+,17?/m0/s1. The van der Waals surface area contributed by atoms with Gasteiger partial charge in [-0.2, -0.15) is 0 Å². The van der Waals surface area contributed by atoms with E-state index in [4.69, 9.17) is 9.47 Å². The van der Waals surface area contributed by atoms with Crippen LogP contribution in [0.3, 0.4) is 0 Å². The Balaban J connectivity index is 1.73. The summed E-state index contributed by atoms with van der Waals surface area (Å²) in [5, 5.41) is 2.85. The normalized spacial score (nSPS) is 24.9. The molecule has 1 N–H and O–H groups in total. The van der Waals surface area contributed by atoms with Gasteiger partial charge in [-0.15, -0.1) is 0 Å². The zero-order valence-electron chi connectivity index (χ0n) is 16.5. The number of likely N-dealkylation sites (tertiary alicyclic amines) is 1. The number of hydrogen-bond donors (Lipinski definition) is 1. The molecule has 0 radical (unpaired) electrons. The molecule has 2 saturated heterocycles. The van der Waals surface area contributed by atoms with Crippen molar-refractivity contribution in [3.63, 3.8) is 0 Å². The van der Waals surface area contributed by atoms with E-state index in [-0.39, 0.29) is 17.2 Å². The highest BCUT2D eigenvalue weighted by Crippen LogP contribution is 2.28. The smallest absolute Gasteiger partial charge is 0.213 e. The highest BCUT2D eigenvalue weighted by atomic mass is 32.2. The number of likely N-dealkylation sites (N-methyl/N-ethyl adjacent to an activating group) is 1. The summed E-state index contributed by atoms with van der Waals surface area (Å²) in [6, 6.07) is 0.328. The maximum absolute atomic E-state index is 13.3. The monoisotopic (exact) mass is 400 g/mol. The number of sulfone groups is 1. The van der Waals surface area contributed by atoms with Gasteiger partial charge in [0, 0.05) is 38.3 Å². The van der Waals surface area contributed by atoms with Crippen LogP contribution < -0.4 is 5.32 Å². The average Bonchev–Trinajstić information content (AvgIpc) is 3.31. The molecular weight excluding hydrogens is 368 g/mol. The van der Waals surface area contributed by atoms with Gasteiger partial charge in [0.2, 0.25) is 9.84 Å². The van der Waals surface area contributed by atoms with Gasteiger partial charge in [0.1, 0.15) is 5.37 Å². The van der Waals surface area contributed by atoms with Crippen LogP contribution in [0.5, 0.6) is 0 Å². The Kier molecular flexibility index (Phi) is 6.91. The van der Waals surface area contributed by atoms with Gasteiger partial charge in [-0.25, -0.2) is 13.4 Å². The van der Waals surface area contributed by atoms with E-state index in [0.29, 0.717) is 25.7 Å². The lowest BCUT2D eigenvalue weighted by Crippen LogP contribution is -2.42. The van der Waals surface area contributed by atoms with Crippen LogP contribution in [0.1, 0.15) is 32.6 Å². The van der Waals surface area contributed by atoms with E-state index in [9.17, 15) is 8.42 Å². The molecule has 0 bridgehead atoms. The quantitative estimate of drug-likeness (QED) is 0.696. The van der Waals surface area contributed by atoms with Crippen molar-refractivity contribution in [2.75, 3.05) is 33.4 Å². The van der Waals surface area contributed by atoms with Gasteiger partial charge in [0.25, 0.3) is 0 Å². The Morgan fingerprint density at radius 3 is 2.67 bits per heavy atom. The van der Waals surface area contributed by atoms with E-state index in [0.717, 1.165) is 32.4 Å². The minimum absolute atomic E-state index is 0.148. The highest BCUT2D eigenvalue weighted by molar-refractivity contribution is 7.91. The van der Waals surface area contributed by atoms with Gasteiger partial charge in [0.15, 0.2) is 11.3 Å². The molecule has 1 aromatic heterocycles. The van der Waals surface area contributed by atoms with Gasteiger partial charge in [-0.3, -0.25) is 4.90 Å². The molecule has 0 aliphatic carbocycles. The lowest BCUT2D eigenvalue weighted by Gasteiger charge is -2.31. The number of imidazole rings is 1. The molecule has 3 heterocycles. The molecule has 0 aromatic carbocycles. The van der Waals surface area contributed by atoms with Gasteiger partial charge in [0.05, 0.1) is 19.5 Å². The summed E-state index contributed by atoms with van der Waals surface area (Å²) in [5.41, 5.74) is 0. The molecule has 0 saturated carbocycles. The fourth-order valence-corrected chi connectivity index (χ4v) is 5.69. The summed E-state index contributed by atoms with van der Waals surface area (Å²) in [6.45, 7) is 4.99. The lowest BCUT2D eigenvalue weighted by molar-refractivity contribution is -0.203. The number of aryl methyl sites for hydroxylation is 1. The number of nitrogens with one attached hydrogen (secondary N) is 1. The van der Waals surface area contributed by atoms with E-state index in [1.54, 1.807) is 17.8 Å². The van der Waals surface area contributed by atoms with Crippen LogP contribution in [0.2, 0.25) is 0 Å². The van der Waals surface area contributed by atoms with E-state index < -0.39 is 15.2 Å². The minimum atomic E-state index is -3.54. The average molecular weight is 401 g/mol. The maximum Gasteiger partial charge on any atom is 0.213 e. The topological polar surface area (TPSA) is 85.7 Å². The number of rotatable bonds is 8. The third kappa shape index (κ3) is 4.89. The Hall–Kier alpha value is -1.00. The third-order valence-electron chi connectivity index (χ3n) is 5.55. The Bertz CT molecular complexity index is 702. The van der Waals surface area contributed by atoms with Crippen LogP contribution in [0.25, 0.3) is 0 Å². The maximum atomic E-state index is 13.3. The molecule has 154 valence electrons. The molecule has 1 unspecified atom stereocenters. The number of aromatic nitrogens is 2. The van der Waals surface area contributed by atoms with Crippen LogP contribution >= 0.6 is 0 Å². The summed E-state index contributed by atoms with van der Waals surface area (Å²) in [5.74, 6) is 0.148. The second-order valence-corrected chi connectivity index (χ2v) is 9.72. The zero-order valence-corrected chi connectivity index (χ0v) is 17.3. The Morgan fingerprint density at radius 2 is 2.07 bits per heavy atom. The highest BCUT2D eigenvalue weighted by Gasteiger charge is 2.38. The van der Waals surface area contributed by atoms with Gasteiger partial charge >= 0.3 is 0 Å². The molecule has 0 amide bonds. The van der Waals surface area contributed by atoms with E-state index in [1.807, 2.05) is 7.05 Å². The molecule has 3 rings (SSSR count). The number of nitrogens with zero attached hydrogens (tertiary/aromatic N) is 3. The summed E-state index contributed by atoms with van der Waals surface area (Å²) in [4.78, 5) is 6.20. The van der Waals surface area contributed by atoms with Gasteiger partial charge < -0.3 is 19.4 Å². The molecular formula is C18H32N4O4S. The Labute approximate surface area is 162 Å². The van der Waals surface area contributed by atoms with Crippen LogP contribution in [0.4, 0.5) is 0 Å². The third-order valence-corrected chi connectivity index (χ3v) is 7.60. The summed E-state index contributed by atoms with van der Waals surface area (Å²) in [7, 11) is 0.175. The second kappa shape index (κ2) is 9.00. The van der Waals surface area contributed by atoms with Crippen LogP contribution in [-0.4, -0.2) is 73.9 Å². The van der Waals surface area contributed by atoms with Crippen molar-refractivity contribution in [3.05, 3.63) is 12.5 Å². The molecule has 2 fully saturated rings. The molecule has 2 aliphatic rings. The van der Waals surface area contributed by atoms with Crippen LogP contribution in [0.15, 0.2) is 17.6 Å². The Morgan fingerprint density at radius 1 is 1.33 bits per heavy atom. The zero-order chi connectivity index (χ0) is 19.4. The van der Waals surface area contributed by atoms with E-state index in [1.165, 1.54) is 6.33 Å². The van der Waals surface area contributed by atoms with Crippen molar-refractivity contribution in [1.82, 2.24) is 19.8 Å².